The lowest BCUT2D eigenvalue weighted by Gasteiger charge is -2.07. The molecule has 0 saturated carbocycles. The highest BCUT2D eigenvalue weighted by atomic mass is 16.1. The Kier molecular flexibility index (Phi) is 8.50. The zero-order chi connectivity index (χ0) is 16.4. The maximum absolute atomic E-state index is 10.9. The van der Waals surface area contributed by atoms with Crippen molar-refractivity contribution in [2.24, 2.45) is 11.8 Å². The van der Waals surface area contributed by atoms with Crippen LogP contribution in [0.5, 0.6) is 0 Å². The van der Waals surface area contributed by atoms with Crippen molar-refractivity contribution in [3.8, 4) is 0 Å². The third-order valence-corrected chi connectivity index (χ3v) is 3.68. The first-order valence-electron chi connectivity index (χ1n) is 8.41. The lowest BCUT2D eigenvalue weighted by molar-refractivity contribution is -0.117. The van der Waals surface area contributed by atoms with Gasteiger partial charge in [0.15, 0.2) is 0 Å². The molecule has 0 aliphatic carbocycles. The second-order valence-electron chi connectivity index (χ2n) is 6.61. The number of hydrogen-bond donors (Lipinski definition) is 0. The van der Waals surface area contributed by atoms with E-state index in [2.05, 4.69) is 69.3 Å². The first-order valence-corrected chi connectivity index (χ1v) is 8.41. The summed E-state index contributed by atoms with van der Waals surface area (Å²) >= 11 is 0. The van der Waals surface area contributed by atoms with E-state index < -0.39 is 0 Å². The van der Waals surface area contributed by atoms with E-state index in [1.807, 2.05) is 0 Å². The van der Waals surface area contributed by atoms with Gasteiger partial charge in [-0.1, -0.05) is 69.3 Å². The minimum Gasteiger partial charge on any atom is -0.300 e. The average Bonchev–Trinajstić information content (AvgIpc) is 2.46. The van der Waals surface area contributed by atoms with Crippen LogP contribution in [0, 0.1) is 11.8 Å². The molecule has 0 radical (unpaired) electrons. The summed E-state index contributed by atoms with van der Waals surface area (Å²) in [5.41, 5.74) is 2.50. The summed E-state index contributed by atoms with van der Waals surface area (Å²) in [6.45, 7) is 8.30. The van der Waals surface area contributed by atoms with Gasteiger partial charge >= 0.3 is 0 Å². The minimum absolute atomic E-state index is 0.300. The molecule has 120 valence electrons. The molecule has 0 fully saturated rings. The van der Waals surface area contributed by atoms with Gasteiger partial charge in [-0.25, -0.2) is 0 Å². The van der Waals surface area contributed by atoms with Gasteiger partial charge in [-0.05, 0) is 49.1 Å². The van der Waals surface area contributed by atoms with Gasteiger partial charge in [0.2, 0.25) is 0 Å². The molecule has 0 bridgehead atoms. The largest absolute Gasteiger partial charge is 0.300 e. The number of benzene rings is 1. The van der Waals surface area contributed by atoms with E-state index in [9.17, 15) is 4.79 Å². The Morgan fingerprint density at radius 1 is 1.05 bits per heavy atom. The quantitative estimate of drug-likeness (QED) is 0.534. The molecular weight excluding hydrogens is 268 g/mol. The SMILES string of the molecule is CC(=O)CCC[C@H](C)C/C=C/c1ccc(/C=C/C(C)C)cc1. The number of allylic oxidation sites excluding steroid dienone is 2. The van der Waals surface area contributed by atoms with E-state index in [1.165, 1.54) is 11.1 Å². The topological polar surface area (TPSA) is 17.1 Å². The number of carbonyl (C=O) groups is 1. The summed E-state index contributed by atoms with van der Waals surface area (Å²) in [6, 6.07) is 8.65. The molecule has 0 unspecified atom stereocenters. The molecule has 1 aromatic carbocycles. The van der Waals surface area contributed by atoms with Crippen molar-refractivity contribution in [1.29, 1.82) is 0 Å². The molecule has 1 nitrogen and oxygen atoms in total. The van der Waals surface area contributed by atoms with Crippen molar-refractivity contribution >= 4 is 17.9 Å². The van der Waals surface area contributed by atoms with E-state index in [0.29, 0.717) is 17.6 Å². The van der Waals surface area contributed by atoms with Crippen LogP contribution in [0.2, 0.25) is 0 Å². The molecule has 0 aromatic heterocycles. The van der Waals surface area contributed by atoms with Crippen LogP contribution in [0.3, 0.4) is 0 Å². The highest BCUT2D eigenvalue weighted by Crippen LogP contribution is 2.15. The van der Waals surface area contributed by atoms with E-state index in [1.54, 1.807) is 6.92 Å². The van der Waals surface area contributed by atoms with E-state index in [4.69, 9.17) is 0 Å². The highest BCUT2D eigenvalue weighted by Gasteiger charge is 2.01. The molecule has 0 heterocycles. The van der Waals surface area contributed by atoms with Crippen LogP contribution in [0.1, 0.15) is 64.5 Å². The molecule has 0 saturated heterocycles. The predicted molar refractivity (Wildman–Crippen MR) is 97.7 cm³/mol. The zero-order valence-electron chi connectivity index (χ0n) is 14.5. The molecular formula is C21H30O. The molecule has 1 aromatic rings. The van der Waals surface area contributed by atoms with Crippen LogP contribution >= 0.6 is 0 Å². The van der Waals surface area contributed by atoms with Crippen molar-refractivity contribution in [3.05, 3.63) is 47.5 Å². The van der Waals surface area contributed by atoms with Gasteiger partial charge in [-0.2, -0.15) is 0 Å². The van der Waals surface area contributed by atoms with Crippen LogP contribution < -0.4 is 0 Å². The van der Waals surface area contributed by atoms with Crippen molar-refractivity contribution in [3.63, 3.8) is 0 Å². The van der Waals surface area contributed by atoms with Gasteiger partial charge in [-0.3, -0.25) is 0 Å². The van der Waals surface area contributed by atoms with Crippen LogP contribution in [0.15, 0.2) is 36.4 Å². The molecule has 1 heteroatoms. The molecule has 1 atom stereocenters. The normalized spacial score (nSPS) is 13.3. The smallest absolute Gasteiger partial charge is 0.129 e. The molecule has 22 heavy (non-hydrogen) atoms. The van der Waals surface area contributed by atoms with Gasteiger partial charge in [-0.15, -0.1) is 0 Å². The van der Waals surface area contributed by atoms with Gasteiger partial charge in [0.1, 0.15) is 5.78 Å². The fraction of sp³-hybridized carbons (Fsp3) is 0.476. The maximum atomic E-state index is 10.9. The summed E-state index contributed by atoms with van der Waals surface area (Å²) in [7, 11) is 0. The summed E-state index contributed by atoms with van der Waals surface area (Å²) in [5.74, 6) is 1.53. The highest BCUT2D eigenvalue weighted by molar-refractivity contribution is 5.75. The van der Waals surface area contributed by atoms with E-state index in [0.717, 1.165) is 25.7 Å². The third kappa shape index (κ3) is 8.61. The first-order chi connectivity index (χ1) is 10.5. The summed E-state index contributed by atoms with van der Waals surface area (Å²) in [6.07, 6.45) is 12.8. The molecule has 1 rings (SSSR count). The van der Waals surface area contributed by atoms with Gasteiger partial charge in [0.25, 0.3) is 0 Å². The number of hydrogen-bond acceptors (Lipinski definition) is 1. The molecule has 0 amide bonds. The Balaban J connectivity index is 2.38. The van der Waals surface area contributed by atoms with Crippen LogP contribution in [0.4, 0.5) is 0 Å². The van der Waals surface area contributed by atoms with Gasteiger partial charge in [0.05, 0.1) is 0 Å². The molecule has 0 aliphatic heterocycles. The Labute approximate surface area is 136 Å². The Bertz CT molecular complexity index is 491. The van der Waals surface area contributed by atoms with Crippen molar-refractivity contribution in [2.75, 3.05) is 0 Å². The Hall–Kier alpha value is -1.63. The minimum atomic E-state index is 0.300. The standard InChI is InChI=1S/C21H30O/c1-17(2)11-12-21-15-13-20(14-16-21)10-6-8-18(3)7-5-9-19(4)22/h6,10-18H,5,7-9H2,1-4H3/b10-6+,12-11+/t18-/m0/s1. The third-order valence-electron chi connectivity index (χ3n) is 3.68. The fourth-order valence-corrected chi connectivity index (χ4v) is 2.28. The van der Waals surface area contributed by atoms with Crippen LogP contribution in [-0.2, 0) is 4.79 Å². The fourth-order valence-electron chi connectivity index (χ4n) is 2.28. The molecule has 0 aliphatic rings. The number of rotatable bonds is 9. The predicted octanol–water partition coefficient (Wildman–Crippen LogP) is 6.15. The zero-order valence-corrected chi connectivity index (χ0v) is 14.5. The maximum Gasteiger partial charge on any atom is 0.129 e. The Morgan fingerprint density at radius 3 is 2.18 bits per heavy atom. The van der Waals surface area contributed by atoms with Crippen LogP contribution in [-0.4, -0.2) is 5.78 Å². The van der Waals surface area contributed by atoms with Gasteiger partial charge < -0.3 is 4.79 Å². The molecule has 0 spiro atoms. The summed E-state index contributed by atoms with van der Waals surface area (Å²) in [5, 5.41) is 0. The number of Topliss-reactive ketones (excluding diaryl/α,β-unsaturated/α-hetero) is 1. The number of carbonyl (C=O) groups excluding carboxylic acids is 1. The first kappa shape index (κ1) is 18.4. The monoisotopic (exact) mass is 298 g/mol. The van der Waals surface area contributed by atoms with Gasteiger partial charge in [0, 0.05) is 6.42 Å². The van der Waals surface area contributed by atoms with E-state index >= 15 is 0 Å². The van der Waals surface area contributed by atoms with E-state index in [-0.39, 0.29) is 0 Å². The Morgan fingerprint density at radius 2 is 1.64 bits per heavy atom. The second kappa shape index (κ2) is 10.2. The lowest BCUT2D eigenvalue weighted by atomic mass is 9.99. The lowest BCUT2D eigenvalue weighted by Crippen LogP contribution is -1.96. The van der Waals surface area contributed by atoms with Crippen molar-refractivity contribution < 1.29 is 4.79 Å². The van der Waals surface area contributed by atoms with Crippen molar-refractivity contribution in [2.45, 2.75) is 53.4 Å². The number of ketones is 1. The second-order valence-corrected chi connectivity index (χ2v) is 6.61. The van der Waals surface area contributed by atoms with Crippen LogP contribution in [0.25, 0.3) is 12.2 Å². The molecule has 0 N–H and O–H groups in total. The van der Waals surface area contributed by atoms with Crippen molar-refractivity contribution in [1.82, 2.24) is 0 Å². The summed E-state index contributed by atoms with van der Waals surface area (Å²) < 4.78 is 0. The summed E-state index contributed by atoms with van der Waals surface area (Å²) in [4.78, 5) is 10.9. The average molecular weight is 298 g/mol.